The van der Waals surface area contributed by atoms with Gasteiger partial charge in [0.25, 0.3) is 5.91 Å². The van der Waals surface area contributed by atoms with Crippen LogP contribution in [0, 0.1) is 0 Å². The minimum absolute atomic E-state index is 0.0280. The van der Waals surface area contributed by atoms with Gasteiger partial charge in [0, 0.05) is 5.69 Å². The van der Waals surface area contributed by atoms with Crippen LogP contribution >= 0.6 is 11.6 Å². The van der Waals surface area contributed by atoms with Gasteiger partial charge in [0.05, 0.1) is 22.6 Å². The Morgan fingerprint density at radius 1 is 1.12 bits per heavy atom. The summed E-state index contributed by atoms with van der Waals surface area (Å²) < 4.78 is 29.2. The van der Waals surface area contributed by atoms with E-state index < -0.39 is 9.84 Å². The second-order valence-electron chi connectivity index (χ2n) is 5.88. The van der Waals surface area contributed by atoms with E-state index in [1.54, 1.807) is 36.4 Å². The van der Waals surface area contributed by atoms with E-state index in [0.29, 0.717) is 22.9 Å². The smallest absolute Gasteiger partial charge is 0.265 e. The molecular formula is C18H18ClNO4S. The third-order valence-corrected chi connectivity index (χ3v) is 6.13. The molecular weight excluding hydrogens is 362 g/mol. The Morgan fingerprint density at radius 3 is 2.44 bits per heavy atom. The fraction of sp³-hybridized carbons (Fsp3) is 0.278. The number of benzene rings is 2. The largest absolute Gasteiger partial charge is 0.482 e. The van der Waals surface area contributed by atoms with Crippen LogP contribution in [0.3, 0.4) is 0 Å². The van der Waals surface area contributed by atoms with Crippen LogP contribution in [-0.4, -0.2) is 38.5 Å². The zero-order valence-corrected chi connectivity index (χ0v) is 15.0. The molecule has 1 heterocycles. The minimum atomic E-state index is -3.11. The van der Waals surface area contributed by atoms with Crippen molar-refractivity contribution in [1.82, 2.24) is 0 Å². The van der Waals surface area contributed by atoms with Crippen LogP contribution in [0.15, 0.2) is 54.6 Å². The first kappa shape index (κ1) is 17.8. The van der Waals surface area contributed by atoms with Crippen molar-refractivity contribution in [3.63, 3.8) is 0 Å². The van der Waals surface area contributed by atoms with Gasteiger partial charge in [-0.1, -0.05) is 41.9 Å². The van der Waals surface area contributed by atoms with Gasteiger partial charge in [0.15, 0.2) is 16.4 Å². The van der Waals surface area contributed by atoms with Gasteiger partial charge in [-0.3, -0.25) is 4.79 Å². The zero-order chi connectivity index (χ0) is 17.9. The zero-order valence-electron chi connectivity index (χ0n) is 13.5. The maximum atomic E-state index is 12.8. The summed E-state index contributed by atoms with van der Waals surface area (Å²) in [5.74, 6) is 0.192. The monoisotopic (exact) mass is 379 g/mol. The number of carbonyl (C=O) groups excluding carboxylic acids is 1. The molecule has 1 aliphatic rings. The van der Waals surface area contributed by atoms with E-state index in [2.05, 4.69) is 0 Å². The van der Waals surface area contributed by atoms with Gasteiger partial charge < -0.3 is 9.64 Å². The Labute approximate surface area is 152 Å². The normalized spacial score (nSPS) is 18.7. The van der Waals surface area contributed by atoms with Gasteiger partial charge in [-0.15, -0.1) is 0 Å². The lowest BCUT2D eigenvalue weighted by Gasteiger charge is -2.28. The molecule has 0 saturated carbocycles. The van der Waals surface area contributed by atoms with Crippen molar-refractivity contribution in [2.24, 2.45) is 0 Å². The van der Waals surface area contributed by atoms with Crippen LogP contribution < -0.4 is 9.64 Å². The second kappa shape index (κ2) is 7.45. The molecule has 1 fully saturated rings. The molecule has 2 aromatic rings. The average molecular weight is 380 g/mol. The lowest BCUT2D eigenvalue weighted by Crippen LogP contribution is -2.43. The van der Waals surface area contributed by atoms with Crippen molar-refractivity contribution in [2.45, 2.75) is 12.5 Å². The Balaban J connectivity index is 1.79. The molecule has 0 spiro atoms. The van der Waals surface area contributed by atoms with Crippen LogP contribution in [0.5, 0.6) is 5.75 Å². The first-order chi connectivity index (χ1) is 12.0. The van der Waals surface area contributed by atoms with Crippen molar-refractivity contribution in [1.29, 1.82) is 0 Å². The number of ether oxygens (including phenoxy) is 1. The topological polar surface area (TPSA) is 63.7 Å². The number of sulfone groups is 1. The van der Waals surface area contributed by atoms with E-state index in [-0.39, 0.29) is 30.1 Å². The number of amides is 1. The molecule has 25 heavy (non-hydrogen) atoms. The maximum absolute atomic E-state index is 12.8. The molecule has 1 atom stereocenters. The quantitative estimate of drug-likeness (QED) is 0.801. The van der Waals surface area contributed by atoms with Crippen molar-refractivity contribution in [3.8, 4) is 5.75 Å². The van der Waals surface area contributed by atoms with Gasteiger partial charge in [0.2, 0.25) is 0 Å². The highest BCUT2D eigenvalue weighted by Gasteiger charge is 2.35. The first-order valence-electron chi connectivity index (χ1n) is 7.91. The summed E-state index contributed by atoms with van der Waals surface area (Å²) in [4.78, 5) is 14.3. The number of nitrogens with zero attached hydrogens (tertiary/aromatic N) is 1. The van der Waals surface area contributed by atoms with Gasteiger partial charge in [-0.05, 0) is 30.7 Å². The minimum Gasteiger partial charge on any atom is -0.482 e. The van der Waals surface area contributed by atoms with Crippen LogP contribution in [0.25, 0.3) is 0 Å². The Morgan fingerprint density at radius 2 is 1.80 bits per heavy atom. The summed E-state index contributed by atoms with van der Waals surface area (Å²) in [7, 11) is -3.11. The third kappa shape index (κ3) is 4.32. The molecule has 0 unspecified atom stereocenters. The highest BCUT2D eigenvalue weighted by Crippen LogP contribution is 2.26. The van der Waals surface area contributed by atoms with E-state index in [1.807, 2.05) is 18.2 Å². The molecule has 3 rings (SSSR count). The highest BCUT2D eigenvalue weighted by atomic mass is 35.5. The van der Waals surface area contributed by atoms with Gasteiger partial charge in [-0.25, -0.2) is 8.42 Å². The predicted octanol–water partition coefficient (Wildman–Crippen LogP) is 2.94. The van der Waals surface area contributed by atoms with Crippen molar-refractivity contribution >= 4 is 33.0 Å². The molecule has 1 saturated heterocycles. The Hall–Kier alpha value is -2.05. The number of para-hydroxylation sites is 2. The maximum Gasteiger partial charge on any atom is 0.265 e. The summed E-state index contributed by atoms with van der Waals surface area (Å²) in [6.07, 6.45) is 0.426. The summed E-state index contributed by atoms with van der Waals surface area (Å²) in [6, 6.07) is 15.6. The molecule has 7 heteroatoms. The number of hydrogen-bond acceptors (Lipinski definition) is 4. The first-order valence-corrected chi connectivity index (χ1v) is 10.1. The molecule has 0 bridgehead atoms. The van der Waals surface area contributed by atoms with Crippen molar-refractivity contribution < 1.29 is 17.9 Å². The number of halogens is 1. The lowest BCUT2D eigenvalue weighted by molar-refractivity contribution is -0.121. The molecule has 132 valence electrons. The van der Waals surface area contributed by atoms with Gasteiger partial charge >= 0.3 is 0 Å². The number of anilines is 1. The molecule has 0 aliphatic carbocycles. The summed E-state index contributed by atoms with van der Waals surface area (Å²) in [5.41, 5.74) is 0.664. The van der Waals surface area contributed by atoms with E-state index in [0.717, 1.165) is 0 Å². The number of hydrogen-bond donors (Lipinski definition) is 0. The number of rotatable bonds is 5. The van der Waals surface area contributed by atoms with E-state index >= 15 is 0 Å². The molecule has 0 N–H and O–H groups in total. The van der Waals surface area contributed by atoms with Crippen LogP contribution in [0.1, 0.15) is 6.42 Å². The highest BCUT2D eigenvalue weighted by molar-refractivity contribution is 7.91. The standard InChI is InChI=1S/C18H18ClNO4S/c19-16-8-4-5-9-17(16)24-12-18(21)20(14-6-2-1-3-7-14)15-10-11-25(22,23)13-15/h1-9,15H,10-13H2/t15-/m1/s1. The van der Waals surface area contributed by atoms with Gasteiger partial charge in [0.1, 0.15) is 5.75 Å². The molecule has 1 aliphatic heterocycles. The van der Waals surface area contributed by atoms with Crippen LogP contribution in [0.2, 0.25) is 5.02 Å². The van der Waals surface area contributed by atoms with Crippen molar-refractivity contribution in [3.05, 3.63) is 59.6 Å². The molecule has 0 radical (unpaired) electrons. The SMILES string of the molecule is O=C(COc1ccccc1Cl)N(c1ccccc1)[C@@H]1CCS(=O)(=O)C1. The van der Waals surface area contributed by atoms with Crippen molar-refractivity contribution in [2.75, 3.05) is 23.0 Å². The summed E-state index contributed by atoms with van der Waals surface area (Å²) >= 11 is 6.04. The molecule has 2 aromatic carbocycles. The summed E-state index contributed by atoms with van der Waals surface area (Å²) in [5, 5.41) is 0.421. The molecule has 0 aromatic heterocycles. The van der Waals surface area contributed by atoms with Crippen LogP contribution in [-0.2, 0) is 14.6 Å². The molecule has 5 nitrogen and oxygen atoms in total. The Kier molecular flexibility index (Phi) is 5.30. The predicted molar refractivity (Wildman–Crippen MR) is 97.9 cm³/mol. The fourth-order valence-corrected chi connectivity index (χ4v) is 4.79. The van der Waals surface area contributed by atoms with E-state index in [1.165, 1.54) is 4.90 Å². The lowest BCUT2D eigenvalue weighted by atomic mass is 10.2. The fourth-order valence-electron chi connectivity index (χ4n) is 2.90. The second-order valence-corrected chi connectivity index (χ2v) is 8.51. The molecule has 1 amide bonds. The van der Waals surface area contributed by atoms with E-state index in [9.17, 15) is 13.2 Å². The van der Waals surface area contributed by atoms with Gasteiger partial charge in [-0.2, -0.15) is 0 Å². The Bertz CT molecular complexity index is 854. The third-order valence-electron chi connectivity index (χ3n) is 4.06. The summed E-state index contributed by atoms with van der Waals surface area (Å²) in [6.45, 7) is -0.213. The average Bonchev–Trinajstić information content (AvgIpc) is 2.95. The van der Waals surface area contributed by atoms with Crippen LogP contribution in [0.4, 0.5) is 5.69 Å². The van der Waals surface area contributed by atoms with E-state index in [4.69, 9.17) is 16.3 Å². The number of carbonyl (C=O) groups is 1.